The normalized spacial score (nSPS) is 12.7. The van der Waals surface area contributed by atoms with Crippen molar-refractivity contribution in [3.63, 3.8) is 0 Å². The molecule has 1 aromatic heterocycles. The Morgan fingerprint density at radius 3 is 2.81 bits per heavy atom. The number of halogens is 2. The van der Waals surface area contributed by atoms with Crippen molar-refractivity contribution >= 4 is 22.6 Å². The third-order valence-corrected chi connectivity index (χ3v) is 3.89. The largest absolute Gasteiger partial charge is 0.444 e. The Balaban J connectivity index is 1.79. The van der Waals surface area contributed by atoms with Crippen molar-refractivity contribution in [3.05, 3.63) is 70.7 Å². The summed E-state index contributed by atoms with van der Waals surface area (Å²) in [5.41, 5.74) is 2.60. The SMILES string of the molecule is C[C@H](NCc1c(Cl)oc2ccccc12)c1cccc(F)c1. The van der Waals surface area contributed by atoms with Crippen LogP contribution in [0.15, 0.2) is 52.9 Å². The van der Waals surface area contributed by atoms with Crippen molar-refractivity contribution in [1.29, 1.82) is 0 Å². The van der Waals surface area contributed by atoms with Gasteiger partial charge in [0.2, 0.25) is 0 Å². The quantitative estimate of drug-likeness (QED) is 0.727. The van der Waals surface area contributed by atoms with Crippen molar-refractivity contribution in [2.45, 2.75) is 19.5 Å². The van der Waals surface area contributed by atoms with Gasteiger partial charge in [-0.1, -0.05) is 30.3 Å². The van der Waals surface area contributed by atoms with Gasteiger partial charge < -0.3 is 9.73 Å². The second-order valence-corrected chi connectivity index (χ2v) is 5.35. The van der Waals surface area contributed by atoms with Gasteiger partial charge in [0, 0.05) is 23.5 Å². The zero-order chi connectivity index (χ0) is 14.8. The van der Waals surface area contributed by atoms with Crippen molar-refractivity contribution in [3.8, 4) is 0 Å². The lowest BCUT2D eigenvalue weighted by atomic mass is 10.1. The molecule has 1 heterocycles. The Kier molecular flexibility index (Phi) is 3.95. The summed E-state index contributed by atoms with van der Waals surface area (Å²) in [6, 6.07) is 14.3. The molecule has 0 unspecified atom stereocenters. The van der Waals surface area contributed by atoms with E-state index in [0.29, 0.717) is 11.8 Å². The van der Waals surface area contributed by atoms with Crippen LogP contribution in [0.5, 0.6) is 0 Å². The van der Waals surface area contributed by atoms with Crippen LogP contribution in [0.1, 0.15) is 24.1 Å². The van der Waals surface area contributed by atoms with Crippen molar-refractivity contribution in [2.75, 3.05) is 0 Å². The summed E-state index contributed by atoms with van der Waals surface area (Å²) < 4.78 is 18.8. The zero-order valence-corrected chi connectivity index (χ0v) is 12.3. The number of rotatable bonds is 4. The third kappa shape index (κ3) is 2.94. The summed E-state index contributed by atoms with van der Waals surface area (Å²) in [6.45, 7) is 2.55. The molecule has 4 heteroatoms. The molecule has 21 heavy (non-hydrogen) atoms. The van der Waals surface area contributed by atoms with Crippen LogP contribution in [0.2, 0.25) is 5.22 Å². The summed E-state index contributed by atoms with van der Waals surface area (Å²) in [5.74, 6) is -0.229. The highest BCUT2D eigenvalue weighted by molar-refractivity contribution is 6.30. The van der Waals surface area contributed by atoms with E-state index in [4.69, 9.17) is 16.0 Å². The fourth-order valence-corrected chi connectivity index (χ4v) is 2.63. The average molecular weight is 304 g/mol. The minimum absolute atomic E-state index is 0.0189. The molecule has 0 saturated carbocycles. The fraction of sp³-hybridized carbons (Fsp3) is 0.176. The molecule has 3 aromatic rings. The van der Waals surface area contributed by atoms with Crippen LogP contribution in [0, 0.1) is 5.82 Å². The van der Waals surface area contributed by atoms with E-state index < -0.39 is 0 Å². The Labute approximate surface area is 127 Å². The molecule has 0 saturated heterocycles. The van der Waals surface area contributed by atoms with Crippen LogP contribution in [-0.2, 0) is 6.54 Å². The molecule has 0 radical (unpaired) electrons. The molecule has 2 aromatic carbocycles. The van der Waals surface area contributed by atoms with Gasteiger partial charge in [0.1, 0.15) is 11.4 Å². The summed E-state index contributed by atoms with van der Waals surface area (Å²) in [4.78, 5) is 0. The van der Waals surface area contributed by atoms with E-state index in [1.807, 2.05) is 37.3 Å². The van der Waals surface area contributed by atoms with Gasteiger partial charge in [0.05, 0.1) is 0 Å². The zero-order valence-electron chi connectivity index (χ0n) is 11.6. The lowest BCUT2D eigenvalue weighted by Gasteiger charge is -2.14. The number of benzene rings is 2. The molecule has 0 amide bonds. The first kappa shape index (κ1) is 14.1. The van der Waals surface area contributed by atoms with Crippen LogP contribution in [0.4, 0.5) is 4.39 Å². The van der Waals surface area contributed by atoms with Gasteiger partial charge in [-0.05, 0) is 42.3 Å². The topological polar surface area (TPSA) is 25.2 Å². The van der Waals surface area contributed by atoms with Crippen LogP contribution >= 0.6 is 11.6 Å². The summed E-state index contributed by atoms with van der Waals surface area (Å²) in [7, 11) is 0. The van der Waals surface area contributed by atoms with Gasteiger partial charge in [0.25, 0.3) is 0 Å². The predicted molar refractivity (Wildman–Crippen MR) is 82.9 cm³/mol. The summed E-state index contributed by atoms with van der Waals surface area (Å²) >= 11 is 6.16. The lowest BCUT2D eigenvalue weighted by molar-refractivity contribution is 0.556. The number of para-hydroxylation sites is 1. The minimum Gasteiger partial charge on any atom is -0.444 e. The maximum atomic E-state index is 13.2. The monoisotopic (exact) mass is 303 g/mol. The predicted octanol–water partition coefficient (Wildman–Crippen LogP) is 5.08. The van der Waals surface area contributed by atoms with Gasteiger partial charge >= 0.3 is 0 Å². The summed E-state index contributed by atoms with van der Waals surface area (Å²) in [6.07, 6.45) is 0. The first-order valence-corrected chi connectivity index (χ1v) is 7.17. The van der Waals surface area contributed by atoms with E-state index in [0.717, 1.165) is 22.1 Å². The maximum absolute atomic E-state index is 13.2. The molecule has 108 valence electrons. The molecule has 1 N–H and O–H groups in total. The van der Waals surface area contributed by atoms with E-state index in [1.165, 1.54) is 12.1 Å². The van der Waals surface area contributed by atoms with Gasteiger partial charge in [-0.25, -0.2) is 4.39 Å². The van der Waals surface area contributed by atoms with Gasteiger partial charge in [-0.3, -0.25) is 0 Å². The number of hydrogen-bond acceptors (Lipinski definition) is 2. The average Bonchev–Trinajstić information content (AvgIpc) is 2.80. The number of nitrogens with one attached hydrogen (secondary N) is 1. The smallest absolute Gasteiger partial charge is 0.199 e. The van der Waals surface area contributed by atoms with Crippen molar-refractivity contribution < 1.29 is 8.81 Å². The Morgan fingerprint density at radius 1 is 1.19 bits per heavy atom. The van der Waals surface area contributed by atoms with Crippen molar-refractivity contribution in [1.82, 2.24) is 5.32 Å². The van der Waals surface area contributed by atoms with E-state index >= 15 is 0 Å². The van der Waals surface area contributed by atoms with Gasteiger partial charge in [-0.15, -0.1) is 0 Å². The van der Waals surface area contributed by atoms with E-state index in [2.05, 4.69) is 5.32 Å². The van der Waals surface area contributed by atoms with Crippen LogP contribution in [0.25, 0.3) is 11.0 Å². The fourth-order valence-electron chi connectivity index (χ4n) is 2.38. The lowest BCUT2D eigenvalue weighted by Crippen LogP contribution is -2.18. The number of fused-ring (bicyclic) bond motifs is 1. The standard InChI is InChI=1S/C17H15ClFNO/c1-11(12-5-4-6-13(19)9-12)20-10-15-14-7-2-3-8-16(14)21-17(15)18/h2-9,11,20H,10H2,1H3/t11-/m0/s1. The number of hydrogen-bond donors (Lipinski definition) is 1. The molecular formula is C17H15ClFNO. The first-order valence-electron chi connectivity index (χ1n) is 6.80. The molecule has 0 fully saturated rings. The molecule has 0 bridgehead atoms. The molecule has 2 nitrogen and oxygen atoms in total. The van der Waals surface area contributed by atoms with Crippen LogP contribution in [-0.4, -0.2) is 0 Å². The molecular weight excluding hydrogens is 289 g/mol. The first-order chi connectivity index (χ1) is 10.1. The van der Waals surface area contributed by atoms with Crippen molar-refractivity contribution in [2.24, 2.45) is 0 Å². The van der Waals surface area contributed by atoms with E-state index in [1.54, 1.807) is 6.07 Å². The second kappa shape index (κ2) is 5.88. The molecule has 0 aliphatic rings. The van der Waals surface area contributed by atoms with E-state index in [9.17, 15) is 4.39 Å². The molecule has 1 atom stereocenters. The third-order valence-electron chi connectivity index (χ3n) is 3.58. The van der Waals surface area contributed by atoms with Crippen LogP contribution in [0.3, 0.4) is 0 Å². The second-order valence-electron chi connectivity index (χ2n) is 5.01. The van der Waals surface area contributed by atoms with E-state index in [-0.39, 0.29) is 11.9 Å². The maximum Gasteiger partial charge on any atom is 0.199 e. The highest BCUT2D eigenvalue weighted by atomic mass is 35.5. The highest BCUT2D eigenvalue weighted by Crippen LogP contribution is 2.29. The molecule has 0 spiro atoms. The summed E-state index contributed by atoms with van der Waals surface area (Å²) in [5, 5.41) is 4.75. The molecule has 3 rings (SSSR count). The van der Waals surface area contributed by atoms with Crippen LogP contribution < -0.4 is 5.32 Å². The highest BCUT2D eigenvalue weighted by Gasteiger charge is 2.13. The Morgan fingerprint density at radius 2 is 2.00 bits per heavy atom. The molecule has 0 aliphatic carbocycles. The Bertz CT molecular complexity index is 768. The van der Waals surface area contributed by atoms with Gasteiger partial charge in [0.15, 0.2) is 5.22 Å². The van der Waals surface area contributed by atoms with Gasteiger partial charge in [-0.2, -0.15) is 0 Å². The number of furan rings is 1. The Hall–Kier alpha value is -1.84. The minimum atomic E-state index is -0.229. The molecule has 0 aliphatic heterocycles.